The number of rotatable bonds is 12. The standard InChI is InChI=1S/C30H36F10O6S/c31-26(32,45-27(33,34)28(35,36)46-29(37,38)30(39,40)47(42,43)44)25(41)24-22(19-12-6-2-7-13-19)16-21(18-10-4-1-5-11-18)17-23(24)20-14-8-3-9-15-20/h16-20H,1-15H2,(H,42,43,44). The molecule has 0 spiro atoms. The van der Waals surface area contributed by atoms with E-state index in [-0.39, 0.29) is 17.0 Å². The summed E-state index contributed by atoms with van der Waals surface area (Å²) in [7, 11) is -7.24. The summed E-state index contributed by atoms with van der Waals surface area (Å²) < 4.78 is 177. The Bertz CT molecular complexity index is 1340. The number of hydrogen-bond acceptors (Lipinski definition) is 5. The average molecular weight is 715 g/mol. The Morgan fingerprint density at radius 2 is 0.957 bits per heavy atom. The van der Waals surface area contributed by atoms with Crippen molar-refractivity contribution in [2.45, 2.75) is 144 Å². The van der Waals surface area contributed by atoms with Crippen LogP contribution in [0.3, 0.4) is 0 Å². The number of halogens is 10. The molecule has 0 aromatic heterocycles. The molecule has 3 saturated carbocycles. The van der Waals surface area contributed by atoms with Gasteiger partial charge in [0.1, 0.15) is 0 Å². The summed E-state index contributed by atoms with van der Waals surface area (Å²) in [4.78, 5) is 13.6. The molecule has 1 aromatic rings. The minimum Gasteiger partial charge on any atom is -0.284 e. The van der Waals surface area contributed by atoms with Crippen molar-refractivity contribution in [3.8, 4) is 0 Å². The average Bonchev–Trinajstić information content (AvgIpc) is 2.99. The molecule has 3 fully saturated rings. The summed E-state index contributed by atoms with van der Waals surface area (Å²) in [6.45, 7) is 0. The lowest BCUT2D eigenvalue weighted by atomic mass is 9.72. The number of alkyl halides is 10. The fraction of sp³-hybridized carbons (Fsp3) is 0.767. The first-order valence-corrected chi connectivity index (χ1v) is 17.0. The molecule has 0 radical (unpaired) electrons. The van der Waals surface area contributed by atoms with E-state index in [0.717, 1.165) is 50.5 Å². The van der Waals surface area contributed by atoms with Crippen LogP contribution < -0.4 is 0 Å². The summed E-state index contributed by atoms with van der Waals surface area (Å²) in [6, 6.07) is 3.19. The molecule has 0 unspecified atom stereocenters. The van der Waals surface area contributed by atoms with E-state index in [1.807, 2.05) is 0 Å². The monoisotopic (exact) mass is 714 g/mol. The molecule has 0 aliphatic heterocycles. The maximum atomic E-state index is 15.4. The van der Waals surface area contributed by atoms with E-state index in [1.54, 1.807) is 12.1 Å². The lowest BCUT2D eigenvalue weighted by Gasteiger charge is -2.34. The highest BCUT2D eigenvalue weighted by molar-refractivity contribution is 7.86. The third-order valence-corrected chi connectivity index (χ3v) is 10.3. The molecule has 3 aliphatic rings. The summed E-state index contributed by atoms with van der Waals surface area (Å²) in [5.41, 5.74) is 0.370. The van der Waals surface area contributed by atoms with Crippen LogP contribution in [-0.2, 0) is 19.6 Å². The molecule has 1 N–H and O–H groups in total. The molecule has 1 aromatic carbocycles. The van der Waals surface area contributed by atoms with Crippen LogP contribution in [0.5, 0.6) is 0 Å². The van der Waals surface area contributed by atoms with E-state index in [4.69, 9.17) is 4.55 Å². The molecule has 0 bridgehead atoms. The molecule has 17 heteroatoms. The number of carbonyl (C=O) groups excluding carboxylic acids is 1. The van der Waals surface area contributed by atoms with Crippen molar-refractivity contribution < 1.29 is 71.1 Å². The van der Waals surface area contributed by atoms with E-state index in [2.05, 4.69) is 9.47 Å². The van der Waals surface area contributed by atoms with E-state index < -0.39 is 63.0 Å². The van der Waals surface area contributed by atoms with Crippen LogP contribution >= 0.6 is 0 Å². The first-order chi connectivity index (χ1) is 21.6. The van der Waals surface area contributed by atoms with Gasteiger partial charge in [-0.15, -0.1) is 0 Å². The topological polar surface area (TPSA) is 89.9 Å². The van der Waals surface area contributed by atoms with E-state index in [0.29, 0.717) is 51.4 Å². The number of Topliss-reactive ketones (excluding diaryl/α,β-unsaturated/α-hetero) is 1. The first-order valence-electron chi connectivity index (χ1n) is 15.6. The van der Waals surface area contributed by atoms with Gasteiger partial charge in [-0.1, -0.05) is 69.9 Å². The fourth-order valence-corrected chi connectivity index (χ4v) is 7.30. The minimum atomic E-state index is -7.24. The van der Waals surface area contributed by atoms with Crippen molar-refractivity contribution >= 4 is 15.9 Å². The van der Waals surface area contributed by atoms with Crippen LogP contribution in [0.1, 0.15) is 141 Å². The lowest BCUT2D eigenvalue weighted by molar-refractivity contribution is -0.516. The minimum absolute atomic E-state index is 0.0389. The largest absolute Gasteiger partial charge is 0.460 e. The van der Waals surface area contributed by atoms with Crippen molar-refractivity contribution in [3.63, 3.8) is 0 Å². The molecular weight excluding hydrogens is 678 g/mol. The zero-order valence-electron chi connectivity index (χ0n) is 25.2. The highest BCUT2D eigenvalue weighted by atomic mass is 32.2. The van der Waals surface area contributed by atoms with Gasteiger partial charge in [0.2, 0.25) is 0 Å². The van der Waals surface area contributed by atoms with Crippen molar-refractivity contribution in [1.82, 2.24) is 0 Å². The Morgan fingerprint density at radius 1 is 0.596 bits per heavy atom. The van der Waals surface area contributed by atoms with Crippen LogP contribution in [0.2, 0.25) is 0 Å². The maximum Gasteiger partial charge on any atom is 0.460 e. The summed E-state index contributed by atoms with van der Waals surface area (Å²) in [5.74, 6) is -3.33. The molecule has 268 valence electrons. The normalized spacial score (nSPS) is 20.8. The van der Waals surface area contributed by atoms with Gasteiger partial charge in [-0.2, -0.15) is 52.3 Å². The smallest absolute Gasteiger partial charge is 0.284 e. The molecule has 3 aliphatic carbocycles. The zero-order chi connectivity index (χ0) is 35.1. The SMILES string of the molecule is O=C(c1c(C2CCCCC2)cc(C2CCCCC2)cc1C1CCCCC1)C(F)(F)OC(F)(F)C(F)(F)OC(F)(F)C(F)(F)S(=O)(=O)O. The van der Waals surface area contributed by atoms with Gasteiger partial charge in [0.25, 0.3) is 5.78 Å². The highest BCUT2D eigenvalue weighted by Gasteiger charge is 2.76. The van der Waals surface area contributed by atoms with Crippen molar-refractivity contribution in [1.29, 1.82) is 0 Å². The van der Waals surface area contributed by atoms with Gasteiger partial charge in [-0.3, -0.25) is 9.35 Å². The molecule has 0 saturated heterocycles. The second kappa shape index (κ2) is 13.7. The highest BCUT2D eigenvalue weighted by Crippen LogP contribution is 2.50. The first kappa shape index (κ1) is 37.8. The summed E-state index contributed by atoms with van der Waals surface area (Å²) >= 11 is 0. The van der Waals surface area contributed by atoms with Crippen LogP contribution in [0.4, 0.5) is 43.9 Å². The van der Waals surface area contributed by atoms with Crippen molar-refractivity contribution in [3.05, 3.63) is 34.4 Å². The van der Waals surface area contributed by atoms with E-state index in [1.165, 1.54) is 0 Å². The van der Waals surface area contributed by atoms with Crippen molar-refractivity contribution in [2.75, 3.05) is 0 Å². The molecule has 6 nitrogen and oxygen atoms in total. The van der Waals surface area contributed by atoms with Gasteiger partial charge < -0.3 is 0 Å². The third kappa shape index (κ3) is 7.93. The molecule has 4 rings (SSSR count). The second-order valence-corrected chi connectivity index (χ2v) is 14.1. The Hall–Kier alpha value is -1.98. The number of hydrogen-bond donors (Lipinski definition) is 1. The van der Waals surface area contributed by atoms with Crippen molar-refractivity contribution in [2.24, 2.45) is 0 Å². The Kier molecular flexibility index (Phi) is 11.1. The van der Waals surface area contributed by atoms with E-state index >= 15 is 8.78 Å². The number of ketones is 1. The summed E-state index contributed by atoms with van der Waals surface area (Å²) in [6.07, 6.45) is -16.3. The van der Waals surface area contributed by atoms with Gasteiger partial charge in [-0.05, 0) is 73.0 Å². The number of benzene rings is 1. The second-order valence-electron chi connectivity index (χ2n) is 12.7. The lowest BCUT2D eigenvalue weighted by Crippen LogP contribution is -2.58. The van der Waals surface area contributed by atoms with Crippen LogP contribution in [-0.4, -0.2) is 48.4 Å². The van der Waals surface area contributed by atoms with Gasteiger partial charge in [0, 0.05) is 5.56 Å². The third-order valence-electron chi connectivity index (χ3n) is 9.39. The van der Waals surface area contributed by atoms with Gasteiger partial charge in [-0.25, -0.2) is 9.47 Å². The molecular formula is C30H36F10O6S. The Morgan fingerprint density at radius 3 is 1.34 bits per heavy atom. The molecule has 47 heavy (non-hydrogen) atoms. The predicted octanol–water partition coefficient (Wildman–Crippen LogP) is 9.90. The molecule has 0 heterocycles. The Balaban J connectivity index is 1.77. The van der Waals surface area contributed by atoms with Crippen LogP contribution in [0.25, 0.3) is 0 Å². The van der Waals surface area contributed by atoms with Crippen LogP contribution in [0, 0.1) is 0 Å². The Labute approximate surface area is 265 Å². The molecule has 0 atom stereocenters. The zero-order valence-corrected chi connectivity index (χ0v) is 26.0. The summed E-state index contributed by atoms with van der Waals surface area (Å²) in [5, 5.41) is -6.91. The number of carbonyl (C=O) groups is 1. The van der Waals surface area contributed by atoms with Gasteiger partial charge >= 0.3 is 39.8 Å². The predicted molar refractivity (Wildman–Crippen MR) is 147 cm³/mol. The van der Waals surface area contributed by atoms with Gasteiger partial charge in [0.05, 0.1) is 0 Å². The molecule has 0 amide bonds. The quantitative estimate of drug-likeness (QED) is 0.132. The maximum absolute atomic E-state index is 15.4. The fourth-order valence-electron chi connectivity index (χ4n) is 6.96. The number of ether oxygens (including phenoxy) is 2. The van der Waals surface area contributed by atoms with Crippen LogP contribution in [0.15, 0.2) is 12.1 Å². The van der Waals surface area contributed by atoms with Gasteiger partial charge in [0.15, 0.2) is 0 Å². The van der Waals surface area contributed by atoms with E-state index in [9.17, 15) is 48.3 Å².